The lowest BCUT2D eigenvalue weighted by Gasteiger charge is -2.00. The van der Waals surface area contributed by atoms with Gasteiger partial charge in [-0.1, -0.05) is 0 Å². The molecule has 0 fully saturated rings. The lowest BCUT2D eigenvalue weighted by atomic mass is 10.1. The summed E-state index contributed by atoms with van der Waals surface area (Å²) in [7, 11) is 2.81. The minimum Gasteiger partial charge on any atom is -0.481 e. The molecule has 6 heteroatoms. The van der Waals surface area contributed by atoms with Crippen LogP contribution in [-0.4, -0.2) is 31.0 Å². The molecule has 19 heavy (non-hydrogen) atoms. The Labute approximate surface area is 113 Å². The monoisotopic (exact) mass is 277 g/mol. The lowest BCUT2D eigenvalue weighted by molar-refractivity contribution is 0.0606. The second-order valence-electron chi connectivity index (χ2n) is 3.57. The van der Waals surface area contributed by atoms with Gasteiger partial charge in [0.05, 0.1) is 19.1 Å². The Bertz CT molecular complexity index is 603. The standard InChI is InChI=1S/C13H11NO4S/c1-17-11-6-3-8(7-14-11)12(15)9-4-5-10(19-9)13(16)18-2/h3-7H,1-2H3. The van der Waals surface area contributed by atoms with Crippen molar-refractivity contribution < 1.29 is 19.1 Å². The first-order chi connectivity index (χ1) is 9.15. The van der Waals surface area contributed by atoms with Gasteiger partial charge in [-0.2, -0.15) is 0 Å². The minimum atomic E-state index is -0.447. The van der Waals surface area contributed by atoms with Gasteiger partial charge in [0.25, 0.3) is 0 Å². The van der Waals surface area contributed by atoms with Crippen molar-refractivity contribution in [1.82, 2.24) is 4.98 Å². The molecule has 0 aromatic carbocycles. The summed E-state index contributed by atoms with van der Waals surface area (Å²) < 4.78 is 9.52. The Morgan fingerprint density at radius 2 is 1.84 bits per heavy atom. The highest BCUT2D eigenvalue weighted by atomic mass is 32.1. The Hall–Kier alpha value is -2.21. The molecule has 2 aromatic rings. The van der Waals surface area contributed by atoms with Gasteiger partial charge >= 0.3 is 5.97 Å². The molecule has 0 spiro atoms. The van der Waals surface area contributed by atoms with Crippen LogP contribution in [0.2, 0.25) is 0 Å². The first kappa shape index (κ1) is 13.2. The van der Waals surface area contributed by atoms with Gasteiger partial charge in [0, 0.05) is 17.8 Å². The van der Waals surface area contributed by atoms with Crippen molar-refractivity contribution in [1.29, 1.82) is 0 Å². The summed E-state index contributed by atoms with van der Waals surface area (Å²) >= 11 is 1.10. The topological polar surface area (TPSA) is 65.5 Å². The van der Waals surface area contributed by atoms with E-state index in [1.807, 2.05) is 0 Å². The van der Waals surface area contributed by atoms with Gasteiger partial charge < -0.3 is 9.47 Å². The van der Waals surface area contributed by atoms with Gasteiger partial charge in [-0.15, -0.1) is 11.3 Å². The minimum absolute atomic E-state index is 0.185. The van der Waals surface area contributed by atoms with Crippen LogP contribution in [0.1, 0.15) is 24.9 Å². The number of nitrogens with zero attached hydrogens (tertiary/aromatic N) is 1. The van der Waals surface area contributed by atoms with Crippen molar-refractivity contribution in [2.45, 2.75) is 0 Å². The van der Waals surface area contributed by atoms with E-state index in [-0.39, 0.29) is 5.78 Å². The van der Waals surface area contributed by atoms with Crippen molar-refractivity contribution in [3.05, 3.63) is 45.8 Å². The molecule has 0 aliphatic rings. The maximum atomic E-state index is 12.1. The van der Waals surface area contributed by atoms with Gasteiger partial charge in [-0.05, 0) is 18.2 Å². The molecule has 0 saturated carbocycles. The van der Waals surface area contributed by atoms with Crippen molar-refractivity contribution in [3.8, 4) is 5.88 Å². The zero-order valence-corrected chi connectivity index (χ0v) is 11.2. The van der Waals surface area contributed by atoms with Crippen LogP contribution in [0.5, 0.6) is 5.88 Å². The van der Waals surface area contributed by atoms with Crippen LogP contribution in [-0.2, 0) is 4.74 Å². The molecule has 2 rings (SSSR count). The average Bonchev–Trinajstić information content (AvgIpc) is 2.95. The highest BCUT2D eigenvalue weighted by Gasteiger charge is 2.15. The smallest absolute Gasteiger partial charge is 0.348 e. The number of aromatic nitrogens is 1. The number of hydrogen-bond acceptors (Lipinski definition) is 6. The number of carbonyl (C=O) groups excluding carboxylic acids is 2. The largest absolute Gasteiger partial charge is 0.481 e. The van der Waals surface area contributed by atoms with E-state index >= 15 is 0 Å². The van der Waals surface area contributed by atoms with Crippen LogP contribution >= 0.6 is 11.3 Å². The normalized spacial score (nSPS) is 10.0. The molecule has 2 aromatic heterocycles. The third-order valence-corrected chi connectivity index (χ3v) is 3.49. The quantitative estimate of drug-likeness (QED) is 0.633. The molecule has 98 valence electrons. The number of hydrogen-bond donors (Lipinski definition) is 0. The van der Waals surface area contributed by atoms with E-state index in [1.54, 1.807) is 24.3 Å². The molecule has 0 N–H and O–H groups in total. The second kappa shape index (κ2) is 5.62. The Kier molecular flexibility index (Phi) is 3.91. The number of esters is 1. The van der Waals surface area contributed by atoms with Crippen LogP contribution < -0.4 is 4.74 Å². The predicted octanol–water partition coefficient (Wildman–Crippen LogP) is 2.17. The summed E-state index contributed by atoms with van der Waals surface area (Å²) in [6.07, 6.45) is 1.44. The summed E-state index contributed by atoms with van der Waals surface area (Å²) in [5.74, 6) is -0.190. The molecule has 5 nitrogen and oxygen atoms in total. The maximum Gasteiger partial charge on any atom is 0.348 e. The molecular formula is C13H11NO4S. The fourth-order valence-corrected chi connectivity index (χ4v) is 2.33. The number of rotatable bonds is 4. The summed E-state index contributed by atoms with van der Waals surface area (Å²) in [4.78, 5) is 28.3. The fraction of sp³-hybridized carbons (Fsp3) is 0.154. The lowest BCUT2D eigenvalue weighted by Crippen LogP contribution is -2.00. The zero-order chi connectivity index (χ0) is 13.8. The SMILES string of the molecule is COC(=O)c1ccc(C(=O)c2ccc(OC)nc2)s1. The molecule has 0 radical (unpaired) electrons. The predicted molar refractivity (Wildman–Crippen MR) is 69.9 cm³/mol. The van der Waals surface area contributed by atoms with Crippen molar-refractivity contribution >= 4 is 23.1 Å². The van der Waals surface area contributed by atoms with Crippen LogP contribution in [0.3, 0.4) is 0 Å². The molecule has 0 aliphatic carbocycles. The Morgan fingerprint density at radius 3 is 2.42 bits per heavy atom. The number of ketones is 1. The van der Waals surface area contributed by atoms with Gasteiger partial charge in [0.2, 0.25) is 11.7 Å². The van der Waals surface area contributed by atoms with Crippen LogP contribution in [0, 0.1) is 0 Å². The molecule has 0 saturated heterocycles. The van der Waals surface area contributed by atoms with Crippen molar-refractivity contribution in [2.24, 2.45) is 0 Å². The first-order valence-electron chi connectivity index (χ1n) is 5.38. The summed E-state index contributed by atoms with van der Waals surface area (Å²) in [5, 5.41) is 0. The second-order valence-corrected chi connectivity index (χ2v) is 4.66. The van der Waals surface area contributed by atoms with Gasteiger partial charge in [0.15, 0.2) is 0 Å². The van der Waals surface area contributed by atoms with Gasteiger partial charge in [-0.25, -0.2) is 9.78 Å². The molecule has 0 atom stereocenters. The van der Waals surface area contributed by atoms with Crippen molar-refractivity contribution in [2.75, 3.05) is 14.2 Å². The fourth-order valence-electron chi connectivity index (χ4n) is 1.45. The molecule has 0 unspecified atom stereocenters. The Balaban J connectivity index is 2.23. The van der Waals surface area contributed by atoms with E-state index in [9.17, 15) is 9.59 Å². The molecule has 0 aliphatic heterocycles. The number of methoxy groups -OCH3 is 2. The van der Waals surface area contributed by atoms with Gasteiger partial charge in [-0.3, -0.25) is 4.79 Å². The molecule has 2 heterocycles. The Morgan fingerprint density at radius 1 is 1.11 bits per heavy atom. The molecule has 0 amide bonds. The number of ether oxygens (including phenoxy) is 2. The number of carbonyl (C=O) groups is 2. The van der Waals surface area contributed by atoms with Crippen molar-refractivity contribution in [3.63, 3.8) is 0 Å². The van der Waals surface area contributed by atoms with E-state index in [0.717, 1.165) is 11.3 Å². The van der Waals surface area contributed by atoms with E-state index in [2.05, 4.69) is 9.72 Å². The number of pyridine rings is 1. The molecule has 0 bridgehead atoms. The third-order valence-electron chi connectivity index (χ3n) is 2.42. The van der Waals surface area contributed by atoms with E-state index < -0.39 is 5.97 Å². The highest BCUT2D eigenvalue weighted by Crippen LogP contribution is 2.21. The van der Waals surface area contributed by atoms with E-state index in [1.165, 1.54) is 20.4 Å². The summed E-state index contributed by atoms with van der Waals surface area (Å²) in [5.41, 5.74) is 0.444. The zero-order valence-electron chi connectivity index (χ0n) is 10.4. The summed E-state index contributed by atoms with van der Waals surface area (Å²) in [6, 6.07) is 6.41. The third kappa shape index (κ3) is 2.79. The van der Waals surface area contributed by atoms with E-state index in [0.29, 0.717) is 21.2 Å². The van der Waals surface area contributed by atoms with Crippen LogP contribution in [0.25, 0.3) is 0 Å². The number of thiophene rings is 1. The summed E-state index contributed by atoms with van der Waals surface area (Å²) in [6.45, 7) is 0. The van der Waals surface area contributed by atoms with Gasteiger partial charge in [0.1, 0.15) is 4.88 Å². The maximum absolute atomic E-state index is 12.1. The van der Waals surface area contributed by atoms with Crippen LogP contribution in [0.15, 0.2) is 30.5 Å². The highest BCUT2D eigenvalue weighted by molar-refractivity contribution is 7.16. The van der Waals surface area contributed by atoms with Crippen LogP contribution in [0.4, 0.5) is 0 Å². The van der Waals surface area contributed by atoms with E-state index in [4.69, 9.17) is 4.74 Å². The average molecular weight is 277 g/mol. The molecular weight excluding hydrogens is 266 g/mol. The first-order valence-corrected chi connectivity index (χ1v) is 6.20.